The molecule has 4 fully saturated rings. The van der Waals surface area contributed by atoms with Gasteiger partial charge < -0.3 is 37.9 Å². The summed E-state index contributed by atoms with van der Waals surface area (Å²) in [6.45, 7) is 17.0. The maximum atomic E-state index is 6.40. The molecule has 6 atom stereocenters. The Balaban J connectivity index is 1.65. The smallest absolute Gasteiger partial charge is 0.148 e. The molecule has 8 nitrogen and oxygen atoms in total. The first-order valence-corrected chi connectivity index (χ1v) is 11.5. The average Bonchev–Trinajstić information content (AvgIpc) is 2.71. The summed E-state index contributed by atoms with van der Waals surface area (Å²) < 4.78 is 48.4. The molecule has 2 spiro atoms. The Morgan fingerprint density at radius 2 is 1.19 bits per heavy atom. The van der Waals surface area contributed by atoms with Crippen LogP contribution >= 0.6 is 0 Å². The monoisotopic (exact) mass is 444 g/mol. The van der Waals surface area contributed by atoms with E-state index in [1.807, 2.05) is 0 Å². The zero-order chi connectivity index (χ0) is 22.5. The van der Waals surface area contributed by atoms with Gasteiger partial charge in [-0.05, 0) is 61.3 Å². The highest BCUT2D eigenvalue weighted by molar-refractivity contribution is 5.14. The molecule has 0 amide bonds. The molecule has 0 bridgehead atoms. The van der Waals surface area contributed by atoms with Gasteiger partial charge in [0.05, 0.1) is 59.2 Å². The third-order valence-electron chi connectivity index (χ3n) is 9.19. The van der Waals surface area contributed by atoms with Crippen molar-refractivity contribution in [3.8, 4) is 0 Å². The molecule has 180 valence electrons. The molecular weight excluding hydrogens is 404 g/mol. The Bertz CT molecular complexity index is 645. The van der Waals surface area contributed by atoms with E-state index in [1.165, 1.54) is 0 Å². The fourth-order valence-electron chi connectivity index (χ4n) is 6.77. The minimum atomic E-state index is -0.538. The van der Waals surface area contributed by atoms with E-state index in [-0.39, 0.29) is 31.9 Å². The van der Waals surface area contributed by atoms with Crippen molar-refractivity contribution in [1.82, 2.24) is 0 Å². The molecule has 31 heavy (non-hydrogen) atoms. The molecule has 8 heteroatoms. The summed E-state index contributed by atoms with van der Waals surface area (Å²) in [6, 6.07) is 0. The van der Waals surface area contributed by atoms with Gasteiger partial charge in [0.1, 0.15) is 27.2 Å². The maximum Gasteiger partial charge on any atom is 0.148 e. The summed E-state index contributed by atoms with van der Waals surface area (Å²) in [6.07, 6.45) is 1.29. The zero-order valence-corrected chi connectivity index (χ0v) is 20.2. The van der Waals surface area contributed by atoms with Crippen LogP contribution in [0.25, 0.3) is 0 Å². The Morgan fingerprint density at radius 1 is 0.613 bits per heavy atom. The van der Waals surface area contributed by atoms with E-state index in [4.69, 9.17) is 37.9 Å². The van der Waals surface area contributed by atoms with Gasteiger partial charge in [-0.3, -0.25) is 0 Å². The average molecular weight is 445 g/mol. The lowest BCUT2D eigenvalue weighted by Gasteiger charge is -2.63. The zero-order valence-electron chi connectivity index (χ0n) is 20.2. The third-order valence-corrected chi connectivity index (χ3v) is 9.19. The summed E-state index contributed by atoms with van der Waals surface area (Å²) in [5, 5.41) is 0. The summed E-state index contributed by atoms with van der Waals surface area (Å²) in [5.41, 5.74) is -2.42. The van der Waals surface area contributed by atoms with Gasteiger partial charge in [0.25, 0.3) is 0 Å². The second-order valence-corrected chi connectivity index (χ2v) is 10.5. The molecule has 6 unspecified atom stereocenters. The van der Waals surface area contributed by atoms with Crippen molar-refractivity contribution in [2.75, 3.05) is 40.4 Å². The third kappa shape index (κ3) is 3.33. The highest BCUT2D eigenvalue weighted by atomic mass is 16.7. The number of hydrogen-bond acceptors (Lipinski definition) is 8. The number of ether oxygens (including phenoxy) is 8. The predicted octanol–water partition coefficient (Wildman–Crippen LogP) is 3.22. The lowest BCUT2D eigenvalue weighted by Crippen LogP contribution is -2.73. The van der Waals surface area contributed by atoms with Crippen LogP contribution in [0.3, 0.4) is 0 Å². The van der Waals surface area contributed by atoms with Crippen LogP contribution in [0.5, 0.6) is 0 Å². The summed E-state index contributed by atoms with van der Waals surface area (Å²) in [4.78, 5) is 0. The minimum Gasteiger partial charge on any atom is -0.355 e. The van der Waals surface area contributed by atoms with Crippen LogP contribution in [0.15, 0.2) is 0 Å². The molecule has 4 heterocycles. The molecule has 0 aromatic heterocycles. The van der Waals surface area contributed by atoms with Gasteiger partial charge in [-0.25, -0.2) is 0 Å². The quantitative estimate of drug-likeness (QED) is 0.657. The van der Waals surface area contributed by atoms with Gasteiger partial charge in [0, 0.05) is 0 Å². The van der Waals surface area contributed by atoms with Crippen molar-refractivity contribution in [3.63, 3.8) is 0 Å². The first kappa shape index (κ1) is 23.8. The highest BCUT2D eigenvalue weighted by Crippen LogP contribution is 2.57. The van der Waals surface area contributed by atoms with Gasteiger partial charge in [-0.2, -0.15) is 0 Å². The van der Waals surface area contributed by atoms with Crippen LogP contribution in [0.4, 0.5) is 0 Å². The SMILES string of the molecule is CC1OCOC(C)C12COCOC2(C)CCC1(C)OCOC(C)(C)C12COCOC2C. The summed E-state index contributed by atoms with van der Waals surface area (Å²) in [7, 11) is 0. The summed E-state index contributed by atoms with van der Waals surface area (Å²) in [5.74, 6) is 0. The van der Waals surface area contributed by atoms with Crippen molar-refractivity contribution >= 4 is 0 Å². The molecule has 4 saturated heterocycles. The number of rotatable bonds is 3. The van der Waals surface area contributed by atoms with Crippen LogP contribution in [0.1, 0.15) is 61.3 Å². The molecule has 0 aliphatic carbocycles. The highest BCUT2D eigenvalue weighted by Gasteiger charge is 2.67. The first-order chi connectivity index (χ1) is 14.5. The Hall–Kier alpha value is -0.320. The lowest BCUT2D eigenvalue weighted by molar-refractivity contribution is -0.390. The van der Waals surface area contributed by atoms with Gasteiger partial charge >= 0.3 is 0 Å². The minimum absolute atomic E-state index is 0.0596. The van der Waals surface area contributed by atoms with E-state index < -0.39 is 27.6 Å². The molecule has 0 aromatic carbocycles. The van der Waals surface area contributed by atoms with Crippen molar-refractivity contribution in [3.05, 3.63) is 0 Å². The van der Waals surface area contributed by atoms with Gasteiger partial charge in [-0.1, -0.05) is 0 Å². The Labute approximate surface area is 186 Å². The second kappa shape index (κ2) is 8.17. The van der Waals surface area contributed by atoms with E-state index in [2.05, 4.69) is 48.5 Å². The van der Waals surface area contributed by atoms with Crippen LogP contribution < -0.4 is 0 Å². The molecule has 4 aliphatic heterocycles. The standard InChI is InChI=1S/C23H40O8/c1-16-22(17(2)28-14-27-16)10-24-13-30-20(22,6)8-9-21(7)23(11-25-12-26-18(23)3)19(4,5)29-15-31-21/h16-18H,8-15H2,1-7H3. The lowest BCUT2D eigenvalue weighted by atomic mass is 9.56. The molecule has 4 rings (SSSR count). The van der Waals surface area contributed by atoms with Crippen LogP contribution in [0.2, 0.25) is 0 Å². The molecular formula is C23H40O8. The van der Waals surface area contributed by atoms with E-state index in [9.17, 15) is 0 Å². The van der Waals surface area contributed by atoms with Crippen LogP contribution in [0, 0.1) is 10.8 Å². The molecule has 0 radical (unpaired) electrons. The summed E-state index contributed by atoms with van der Waals surface area (Å²) >= 11 is 0. The molecule has 0 N–H and O–H groups in total. The van der Waals surface area contributed by atoms with E-state index in [0.717, 1.165) is 12.8 Å². The second-order valence-electron chi connectivity index (χ2n) is 10.5. The first-order valence-electron chi connectivity index (χ1n) is 11.5. The van der Waals surface area contributed by atoms with Crippen molar-refractivity contribution in [2.45, 2.75) is 96.4 Å². The normalized spacial score (nSPS) is 50.6. The molecule has 4 aliphatic rings. The van der Waals surface area contributed by atoms with E-state index in [1.54, 1.807) is 0 Å². The van der Waals surface area contributed by atoms with Crippen LogP contribution in [-0.4, -0.2) is 75.5 Å². The van der Waals surface area contributed by atoms with E-state index >= 15 is 0 Å². The molecule has 0 aromatic rings. The fraction of sp³-hybridized carbons (Fsp3) is 1.00. The molecule has 0 saturated carbocycles. The maximum absolute atomic E-state index is 6.40. The topological polar surface area (TPSA) is 73.8 Å². The van der Waals surface area contributed by atoms with Crippen molar-refractivity contribution < 1.29 is 37.9 Å². The van der Waals surface area contributed by atoms with Crippen molar-refractivity contribution in [1.29, 1.82) is 0 Å². The number of hydrogen-bond donors (Lipinski definition) is 0. The fourth-order valence-corrected chi connectivity index (χ4v) is 6.77. The van der Waals surface area contributed by atoms with Crippen molar-refractivity contribution in [2.24, 2.45) is 10.8 Å². The van der Waals surface area contributed by atoms with Crippen LogP contribution in [-0.2, 0) is 37.9 Å². The Kier molecular flexibility index (Phi) is 6.28. The van der Waals surface area contributed by atoms with Gasteiger partial charge in [-0.15, -0.1) is 0 Å². The van der Waals surface area contributed by atoms with E-state index in [0.29, 0.717) is 26.8 Å². The van der Waals surface area contributed by atoms with Gasteiger partial charge in [0.15, 0.2) is 0 Å². The largest absolute Gasteiger partial charge is 0.355 e. The predicted molar refractivity (Wildman–Crippen MR) is 111 cm³/mol. The van der Waals surface area contributed by atoms with Gasteiger partial charge in [0.2, 0.25) is 0 Å². The Morgan fingerprint density at radius 3 is 1.87 bits per heavy atom.